The van der Waals surface area contributed by atoms with E-state index in [1.807, 2.05) is 30.5 Å². The number of fused-ring (bicyclic) bond motifs is 1. The molecule has 1 aliphatic carbocycles. The van der Waals surface area contributed by atoms with Crippen molar-refractivity contribution in [2.75, 3.05) is 0 Å². The molecule has 5 nitrogen and oxygen atoms in total. The van der Waals surface area contributed by atoms with Gasteiger partial charge in [-0.1, -0.05) is 43.3 Å². The van der Waals surface area contributed by atoms with E-state index in [1.165, 1.54) is 11.1 Å². The molecular weight excluding hydrogens is 314 g/mol. The normalized spacial score (nSPS) is 15.8. The molecule has 3 aromatic rings. The lowest BCUT2D eigenvalue weighted by Gasteiger charge is -2.31. The van der Waals surface area contributed by atoms with Gasteiger partial charge in [0.05, 0.1) is 6.61 Å². The van der Waals surface area contributed by atoms with Gasteiger partial charge in [-0.25, -0.2) is 0 Å². The molecule has 4 rings (SSSR count). The minimum Gasteiger partial charge on any atom is -0.392 e. The third-order valence-corrected chi connectivity index (χ3v) is 4.90. The Morgan fingerprint density at radius 2 is 1.96 bits per heavy atom. The number of hydrogen-bond donors (Lipinski definition) is 1. The number of aromatic nitrogens is 3. The van der Waals surface area contributed by atoms with Crippen molar-refractivity contribution in [1.82, 2.24) is 15.1 Å². The van der Waals surface area contributed by atoms with Gasteiger partial charge in [0.1, 0.15) is 5.69 Å². The van der Waals surface area contributed by atoms with Crippen molar-refractivity contribution >= 4 is 0 Å². The maximum absolute atomic E-state index is 9.14. The summed E-state index contributed by atoms with van der Waals surface area (Å²) in [6, 6.07) is 9.59. The third-order valence-electron chi connectivity index (χ3n) is 4.90. The molecule has 2 heterocycles. The van der Waals surface area contributed by atoms with Gasteiger partial charge >= 0.3 is 0 Å². The minimum absolute atomic E-state index is 0.0220. The minimum atomic E-state index is 0.0220. The monoisotopic (exact) mass is 335 g/mol. The van der Waals surface area contributed by atoms with Crippen LogP contribution in [0.15, 0.2) is 41.1 Å². The molecule has 1 aromatic carbocycles. The van der Waals surface area contributed by atoms with Crippen molar-refractivity contribution < 1.29 is 9.63 Å². The van der Waals surface area contributed by atoms with Crippen molar-refractivity contribution in [3.05, 3.63) is 53.2 Å². The van der Waals surface area contributed by atoms with Gasteiger partial charge in [-0.3, -0.25) is 4.98 Å². The van der Waals surface area contributed by atoms with E-state index < -0.39 is 0 Å². The van der Waals surface area contributed by atoms with Crippen molar-refractivity contribution in [3.8, 4) is 23.0 Å². The summed E-state index contributed by atoms with van der Waals surface area (Å²) >= 11 is 0. The fourth-order valence-electron chi connectivity index (χ4n) is 3.42. The lowest BCUT2D eigenvalue weighted by molar-refractivity contribution is 0.282. The van der Waals surface area contributed by atoms with E-state index >= 15 is 0 Å². The molecule has 2 aromatic heterocycles. The first-order chi connectivity index (χ1) is 12.1. The summed E-state index contributed by atoms with van der Waals surface area (Å²) in [6.07, 6.45) is 4.98. The van der Waals surface area contributed by atoms with Gasteiger partial charge < -0.3 is 9.63 Å². The van der Waals surface area contributed by atoms with Crippen LogP contribution in [0.2, 0.25) is 0 Å². The zero-order chi connectivity index (χ0) is 17.4. The molecule has 0 saturated heterocycles. The molecule has 1 N–H and O–H groups in total. The summed E-state index contributed by atoms with van der Waals surface area (Å²) < 4.78 is 5.51. The van der Waals surface area contributed by atoms with Crippen LogP contribution in [0, 0.1) is 5.41 Å². The van der Waals surface area contributed by atoms with Crippen molar-refractivity contribution in [3.63, 3.8) is 0 Å². The maximum Gasteiger partial charge on any atom is 0.277 e. The topological polar surface area (TPSA) is 72.0 Å². The molecule has 0 spiro atoms. The van der Waals surface area contributed by atoms with Crippen LogP contribution in [0.5, 0.6) is 0 Å². The Labute approximate surface area is 146 Å². The van der Waals surface area contributed by atoms with Crippen LogP contribution >= 0.6 is 0 Å². The highest BCUT2D eigenvalue weighted by molar-refractivity contribution is 5.61. The average molecular weight is 335 g/mol. The Bertz CT molecular complexity index is 898. The third kappa shape index (κ3) is 3.07. The number of aliphatic hydroxyl groups excluding tert-OH is 1. The zero-order valence-electron chi connectivity index (χ0n) is 14.5. The van der Waals surface area contributed by atoms with Crippen LogP contribution < -0.4 is 0 Å². The molecule has 1 aliphatic rings. The van der Waals surface area contributed by atoms with Crippen LogP contribution in [0.1, 0.15) is 37.0 Å². The number of rotatable bonds is 3. The van der Waals surface area contributed by atoms with E-state index in [9.17, 15) is 0 Å². The van der Waals surface area contributed by atoms with Gasteiger partial charge in [0, 0.05) is 11.8 Å². The summed E-state index contributed by atoms with van der Waals surface area (Å²) in [5.41, 5.74) is 5.40. The van der Waals surface area contributed by atoms with E-state index in [0.717, 1.165) is 36.1 Å². The van der Waals surface area contributed by atoms with E-state index in [-0.39, 0.29) is 6.61 Å². The molecule has 0 fully saturated rings. The number of hydrogen-bond acceptors (Lipinski definition) is 5. The van der Waals surface area contributed by atoms with Crippen LogP contribution in [0.3, 0.4) is 0 Å². The van der Waals surface area contributed by atoms with Gasteiger partial charge in [0.25, 0.3) is 5.89 Å². The molecule has 0 bridgehead atoms. The fraction of sp³-hybridized carbons (Fsp3) is 0.350. The molecule has 0 saturated carbocycles. The number of aliphatic hydroxyl groups is 1. The highest BCUT2D eigenvalue weighted by Crippen LogP contribution is 2.37. The van der Waals surface area contributed by atoms with Gasteiger partial charge in [-0.15, -0.1) is 0 Å². The summed E-state index contributed by atoms with van der Waals surface area (Å²) in [6.45, 7) is 4.63. The Morgan fingerprint density at radius 3 is 2.72 bits per heavy atom. The van der Waals surface area contributed by atoms with E-state index in [0.29, 0.717) is 17.1 Å². The second-order valence-corrected chi connectivity index (χ2v) is 7.42. The molecule has 0 amide bonds. The van der Waals surface area contributed by atoms with Crippen molar-refractivity contribution in [1.29, 1.82) is 0 Å². The SMILES string of the molecule is CC1(C)CCc2c(ccnc2-c2nc(-c3ccc(CO)cc3)no2)C1. The van der Waals surface area contributed by atoms with Gasteiger partial charge in [0.15, 0.2) is 0 Å². The molecule has 0 unspecified atom stereocenters. The van der Waals surface area contributed by atoms with Crippen LogP contribution in [0.4, 0.5) is 0 Å². The van der Waals surface area contributed by atoms with Crippen molar-refractivity contribution in [2.24, 2.45) is 5.41 Å². The van der Waals surface area contributed by atoms with E-state index in [1.54, 1.807) is 0 Å². The average Bonchev–Trinajstić information content (AvgIpc) is 3.10. The lowest BCUT2D eigenvalue weighted by Crippen LogP contribution is -2.22. The summed E-state index contributed by atoms with van der Waals surface area (Å²) in [5, 5.41) is 13.3. The second-order valence-electron chi connectivity index (χ2n) is 7.42. The first-order valence-corrected chi connectivity index (χ1v) is 8.57. The fourth-order valence-corrected chi connectivity index (χ4v) is 3.42. The Balaban J connectivity index is 1.69. The molecule has 5 heteroatoms. The van der Waals surface area contributed by atoms with Gasteiger partial charge in [0.2, 0.25) is 5.82 Å². The van der Waals surface area contributed by atoms with E-state index in [2.05, 4.69) is 35.0 Å². The Kier molecular flexibility index (Phi) is 3.88. The maximum atomic E-state index is 9.14. The predicted molar refractivity (Wildman–Crippen MR) is 94.7 cm³/mol. The standard InChI is InChI=1S/C20H21N3O2/c1-20(2)9-7-16-15(11-20)8-10-21-17(16)19-22-18(23-25-19)14-5-3-13(12-24)4-6-14/h3-6,8,10,24H,7,9,11-12H2,1-2H3. The number of nitrogens with zero attached hydrogens (tertiary/aromatic N) is 3. The van der Waals surface area contributed by atoms with Crippen LogP contribution in [-0.4, -0.2) is 20.2 Å². The Hall–Kier alpha value is -2.53. The first-order valence-electron chi connectivity index (χ1n) is 8.57. The predicted octanol–water partition coefficient (Wildman–Crippen LogP) is 3.81. The molecule has 128 valence electrons. The molecular formula is C20H21N3O2. The molecule has 25 heavy (non-hydrogen) atoms. The molecule has 0 radical (unpaired) electrons. The largest absolute Gasteiger partial charge is 0.392 e. The van der Waals surface area contributed by atoms with Crippen molar-refractivity contribution in [2.45, 2.75) is 39.7 Å². The second kappa shape index (κ2) is 6.08. The number of pyridine rings is 1. The number of benzene rings is 1. The lowest BCUT2D eigenvalue weighted by atomic mass is 9.74. The summed E-state index contributed by atoms with van der Waals surface area (Å²) in [5.74, 6) is 1.01. The quantitative estimate of drug-likeness (QED) is 0.788. The summed E-state index contributed by atoms with van der Waals surface area (Å²) in [4.78, 5) is 9.06. The summed E-state index contributed by atoms with van der Waals surface area (Å²) in [7, 11) is 0. The Morgan fingerprint density at radius 1 is 1.16 bits per heavy atom. The van der Waals surface area contributed by atoms with Crippen LogP contribution in [0.25, 0.3) is 23.0 Å². The highest BCUT2D eigenvalue weighted by Gasteiger charge is 2.28. The van der Waals surface area contributed by atoms with Gasteiger partial charge in [-0.05, 0) is 47.4 Å². The molecule has 0 aliphatic heterocycles. The van der Waals surface area contributed by atoms with Gasteiger partial charge in [-0.2, -0.15) is 4.98 Å². The van der Waals surface area contributed by atoms with E-state index in [4.69, 9.17) is 9.63 Å². The molecule has 0 atom stereocenters. The smallest absolute Gasteiger partial charge is 0.277 e. The zero-order valence-corrected chi connectivity index (χ0v) is 14.5. The highest BCUT2D eigenvalue weighted by atomic mass is 16.5. The first kappa shape index (κ1) is 16.0. The van der Waals surface area contributed by atoms with Crippen LogP contribution in [-0.2, 0) is 19.4 Å².